The Morgan fingerprint density at radius 3 is 2.20 bits per heavy atom. The van der Waals surface area contributed by atoms with Crippen LogP contribution in [0.1, 0.15) is 27.7 Å². The third-order valence-electron chi connectivity index (χ3n) is 1.80. The van der Waals surface area contributed by atoms with Gasteiger partial charge in [0.05, 0.1) is 0 Å². The van der Waals surface area contributed by atoms with E-state index >= 15 is 0 Å². The summed E-state index contributed by atoms with van der Waals surface area (Å²) in [4.78, 5) is 0. The van der Waals surface area contributed by atoms with E-state index in [9.17, 15) is 0 Å². The Balaban J connectivity index is 2.78. The molecule has 0 saturated carbocycles. The van der Waals surface area contributed by atoms with Crippen LogP contribution in [0.25, 0.3) is 0 Å². The molecule has 0 heteroatoms. The highest BCUT2D eigenvalue weighted by molar-refractivity contribution is 5.30. The number of allylic oxidation sites excluding steroid dienone is 4. The van der Waals surface area contributed by atoms with Gasteiger partial charge in [0.25, 0.3) is 0 Å². The smallest absolute Gasteiger partial charge is 0.000136 e. The summed E-state index contributed by atoms with van der Waals surface area (Å²) in [7, 11) is 0. The van der Waals surface area contributed by atoms with Gasteiger partial charge >= 0.3 is 0 Å². The summed E-state index contributed by atoms with van der Waals surface area (Å²) >= 11 is 0. The van der Waals surface area contributed by atoms with Crippen LogP contribution in [0.5, 0.6) is 0 Å². The number of hydrogen-bond donors (Lipinski definition) is 0. The molecule has 1 aliphatic rings. The van der Waals surface area contributed by atoms with Crippen LogP contribution < -0.4 is 0 Å². The first-order valence-electron chi connectivity index (χ1n) is 3.82. The van der Waals surface area contributed by atoms with Crippen LogP contribution in [-0.4, -0.2) is 0 Å². The van der Waals surface area contributed by atoms with Crippen LogP contribution in [-0.2, 0) is 0 Å². The summed E-state index contributed by atoms with van der Waals surface area (Å²) in [5.41, 5.74) is 1.72. The fourth-order valence-corrected chi connectivity index (χ4v) is 1.05. The Labute approximate surface area is 63.6 Å². The number of hydrogen-bond acceptors (Lipinski definition) is 0. The van der Waals surface area contributed by atoms with Crippen molar-refractivity contribution in [3.05, 3.63) is 23.8 Å². The van der Waals surface area contributed by atoms with Crippen molar-refractivity contribution in [2.24, 2.45) is 11.3 Å². The Bertz CT molecular complexity index is 177. The fraction of sp³-hybridized carbons (Fsp3) is 0.600. The topological polar surface area (TPSA) is 0 Å². The van der Waals surface area contributed by atoms with Gasteiger partial charge < -0.3 is 0 Å². The van der Waals surface area contributed by atoms with Crippen LogP contribution in [0, 0.1) is 17.4 Å². The summed E-state index contributed by atoms with van der Waals surface area (Å²) in [6, 6.07) is 0. The van der Waals surface area contributed by atoms with Crippen molar-refractivity contribution in [2.45, 2.75) is 27.7 Å². The fourth-order valence-electron chi connectivity index (χ4n) is 1.05. The van der Waals surface area contributed by atoms with Gasteiger partial charge in [0, 0.05) is 0 Å². The Morgan fingerprint density at radius 2 is 2.00 bits per heavy atom. The predicted molar refractivity (Wildman–Crippen MR) is 44.5 cm³/mol. The lowest BCUT2D eigenvalue weighted by molar-refractivity contribution is 0.516. The van der Waals surface area contributed by atoms with Crippen molar-refractivity contribution >= 4 is 0 Å². The Hall–Kier alpha value is -0.520. The molecule has 0 amide bonds. The molecule has 1 rings (SSSR count). The molecule has 0 heterocycles. The summed E-state index contributed by atoms with van der Waals surface area (Å²) in [5, 5.41) is 0. The minimum atomic E-state index is 0.303. The van der Waals surface area contributed by atoms with E-state index in [1.807, 2.05) is 0 Å². The van der Waals surface area contributed by atoms with Gasteiger partial charge in [-0.15, -0.1) is 0 Å². The first-order valence-corrected chi connectivity index (χ1v) is 3.82. The van der Waals surface area contributed by atoms with Crippen molar-refractivity contribution in [3.63, 3.8) is 0 Å². The molecule has 0 nitrogen and oxygen atoms in total. The standard InChI is InChI=1S/C10H15/c1-8-5-6-9(7-8)10(2,3)4/h6-8H,1-4H3. The highest BCUT2D eigenvalue weighted by Gasteiger charge is 2.17. The third kappa shape index (κ3) is 1.50. The van der Waals surface area contributed by atoms with Crippen molar-refractivity contribution in [1.82, 2.24) is 0 Å². The lowest BCUT2D eigenvalue weighted by Crippen LogP contribution is -2.06. The molecule has 0 N–H and O–H groups in total. The van der Waals surface area contributed by atoms with E-state index in [0.717, 1.165) is 0 Å². The van der Waals surface area contributed by atoms with Crippen molar-refractivity contribution in [3.8, 4) is 0 Å². The largest absolute Gasteiger partial charge is 0.0735 e. The second-order valence-electron chi connectivity index (χ2n) is 3.97. The molecular weight excluding hydrogens is 120 g/mol. The highest BCUT2D eigenvalue weighted by atomic mass is 14.2. The second-order valence-corrected chi connectivity index (χ2v) is 3.97. The quantitative estimate of drug-likeness (QED) is 0.479. The van der Waals surface area contributed by atoms with Crippen LogP contribution in [0.3, 0.4) is 0 Å². The van der Waals surface area contributed by atoms with E-state index in [0.29, 0.717) is 11.3 Å². The normalized spacial score (nSPS) is 25.2. The molecule has 0 fully saturated rings. The van der Waals surface area contributed by atoms with E-state index in [-0.39, 0.29) is 0 Å². The predicted octanol–water partition coefficient (Wildman–Crippen LogP) is 2.97. The zero-order valence-corrected chi connectivity index (χ0v) is 7.23. The van der Waals surface area contributed by atoms with Crippen molar-refractivity contribution in [2.75, 3.05) is 0 Å². The molecule has 55 valence electrons. The first-order chi connectivity index (χ1) is 4.50. The molecule has 0 aromatic carbocycles. The maximum absolute atomic E-state index is 3.26. The van der Waals surface area contributed by atoms with Crippen molar-refractivity contribution < 1.29 is 0 Å². The van der Waals surface area contributed by atoms with Crippen LogP contribution in [0.4, 0.5) is 0 Å². The maximum Gasteiger partial charge on any atom is -0.000136 e. The average Bonchev–Trinajstić information content (AvgIpc) is 2.11. The van der Waals surface area contributed by atoms with Gasteiger partial charge in [-0.1, -0.05) is 39.8 Å². The molecule has 10 heavy (non-hydrogen) atoms. The van der Waals surface area contributed by atoms with Gasteiger partial charge in [0.2, 0.25) is 0 Å². The van der Waals surface area contributed by atoms with Gasteiger partial charge in [-0.3, -0.25) is 0 Å². The van der Waals surface area contributed by atoms with E-state index < -0.39 is 0 Å². The minimum absolute atomic E-state index is 0.303. The Kier molecular flexibility index (Phi) is 1.72. The zero-order chi connectivity index (χ0) is 7.78. The van der Waals surface area contributed by atoms with E-state index in [2.05, 4.69) is 45.9 Å². The van der Waals surface area contributed by atoms with Gasteiger partial charge in [0.15, 0.2) is 0 Å². The van der Waals surface area contributed by atoms with Crippen LogP contribution in [0.15, 0.2) is 17.7 Å². The molecule has 0 aliphatic heterocycles. The molecule has 1 unspecified atom stereocenters. The van der Waals surface area contributed by atoms with Gasteiger partial charge in [0.1, 0.15) is 0 Å². The third-order valence-corrected chi connectivity index (χ3v) is 1.80. The van der Waals surface area contributed by atoms with Crippen LogP contribution >= 0.6 is 0 Å². The molecule has 1 aliphatic carbocycles. The van der Waals surface area contributed by atoms with E-state index in [1.54, 1.807) is 0 Å². The molecule has 0 aromatic heterocycles. The van der Waals surface area contributed by atoms with E-state index in [1.165, 1.54) is 5.57 Å². The molecule has 0 saturated heterocycles. The lowest BCUT2D eigenvalue weighted by Gasteiger charge is -2.18. The van der Waals surface area contributed by atoms with Crippen LogP contribution in [0.2, 0.25) is 0 Å². The van der Waals surface area contributed by atoms with Crippen molar-refractivity contribution in [1.29, 1.82) is 0 Å². The molecule has 0 spiro atoms. The summed E-state index contributed by atoms with van der Waals surface area (Å²) < 4.78 is 0. The first kappa shape index (κ1) is 7.59. The zero-order valence-electron chi connectivity index (χ0n) is 7.23. The molecule has 0 aromatic rings. The average molecular weight is 135 g/mol. The molecular formula is C10H15. The van der Waals surface area contributed by atoms with Gasteiger partial charge in [-0.05, 0) is 23.0 Å². The summed E-state index contributed by atoms with van der Waals surface area (Å²) in [5.74, 6) is 0.522. The SMILES string of the molecule is CC1[C]=CC(C(C)(C)C)=C1. The Morgan fingerprint density at radius 1 is 1.40 bits per heavy atom. The maximum atomic E-state index is 3.26. The van der Waals surface area contributed by atoms with Gasteiger partial charge in [-0.25, -0.2) is 0 Å². The monoisotopic (exact) mass is 135 g/mol. The lowest BCUT2D eigenvalue weighted by atomic mass is 9.87. The summed E-state index contributed by atoms with van der Waals surface area (Å²) in [6.45, 7) is 8.86. The molecule has 1 radical (unpaired) electrons. The van der Waals surface area contributed by atoms with Gasteiger partial charge in [-0.2, -0.15) is 0 Å². The minimum Gasteiger partial charge on any atom is -0.0735 e. The number of rotatable bonds is 0. The molecule has 1 atom stereocenters. The second kappa shape index (κ2) is 2.26. The molecule has 0 bridgehead atoms. The highest BCUT2D eigenvalue weighted by Crippen LogP contribution is 2.30. The summed E-state index contributed by atoms with van der Waals surface area (Å²) in [6.07, 6.45) is 7.65. The van der Waals surface area contributed by atoms with E-state index in [4.69, 9.17) is 0 Å².